The summed E-state index contributed by atoms with van der Waals surface area (Å²) in [6.45, 7) is 3.78. The van der Waals surface area contributed by atoms with Crippen LogP contribution in [0.25, 0.3) is 0 Å². The van der Waals surface area contributed by atoms with Gasteiger partial charge in [0.15, 0.2) is 0 Å². The van der Waals surface area contributed by atoms with Crippen LogP contribution in [0.2, 0.25) is 0 Å². The third-order valence-electron chi connectivity index (χ3n) is 2.85. The van der Waals surface area contributed by atoms with Crippen LogP contribution in [0.4, 0.5) is 5.82 Å². The number of pyridine rings is 1. The molecule has 0 aromatic carbocycles. The number of aryl methyl sites for hydroxylation is 1. The Bertz CT molecular complexity index is 372. The van der Waals surface area contributed by atoms with E-state index < -0.39 is 0 Å². The predicted octanol–water partition coefficient (Wildman–Crippen LogP) is 1.33. The average molecular weight is 219 g/mol. The predicted molar refractivity (Wildman–Crippen MR) is 63.2 cm³/mol. The van der Waals surface area contributed by atoms with Crippen LogP contribution in [0.5, 0.6) is 0 Å². The van der Waals surface area contributed by atoms with Crippen LogP contribution in [-0.2, 0) is 4.79 Å². The first-order valence-corrected chi connectivity index (χ1v) is 5.71. The number of nitrogens with one attached hydrogen (secondary N) is 2. The highest BCUT2D eigenvalue weighted by molar-refractivity contribution is 5.91. The lowest BCUT2D eigenvalue weighted by Gasteiger charge is -2.21. The monoisotopic (exact) mass is 219 g/mol. The van der Waals surface area contributed by atoms with Gasteiger partial charge in [0, 0.05) is 11.6 Å². The van der Waals surface area contributed by atoms with Crippen molar-refractivity contribution in [3.8, 4) is 0 Å². The molecule has 1 amide bonds. The minimum absolute atomic E-state index is 0.0969. The molecule has 2 heterocycles. The maximum atomic E-state index is 11.9. The Kier molecular flexibility index (Phi) is 3.51. The molecule has 1 fully saturated rings. The van der Waals surface area contributed by atoms with Crippen molar-refractivity contribution in [2.45, 2.75) is 19.8 Å². The number of piperidine rings is 1. The Balaban J connectivity index is 1.96. The lowest BCUT2D eigenvalue weighted by molar-refractivity contribution is -0.120. The zero-order valence-electron chi connectivity index (χ0n) is 9.49. The topological polar surface area (TPSA) is 54.0 Å². The van der Waals surface area contributed by atoms with Crippen LogP contribution in [0.15, 0.2) is 18.2 Å². The van der Waals surface area contributed by atoms with Crippen LogP contribution < -0.4 is 10.6 Å². The fraction of sp³-hybridized carbons (Fsp3) is 0.500. The van der Waals surface area contributed by atoms with Crippen LogP contribution in [0, 0.1) is 12.8 Å². The van der Waals surface area contributed by atoms with Gasteiger partial charge in [0.1, 0.15) is 5.82 Å². The zero-order valence-corrected chi connectivity index (χ0v) is 9.49. The van der Waals surface area contributed by atoms with Gasteiger partial charge in [-0.3, -0.25) is 4.79 Å². The molecule has 0 spiro atoms. The molecule has 1 aromatic rings. The van der Waals surface area contributed by atoms with Crippen molar-refractivity contribution in [1.29, 1.82) is 0 Å². The molecule has 0 atom stereocenters. The van der Waals surface area contributed by atoms with Crippen LogP contribution in [-0.4, -0.2) is 24.0 Å². The first kappa shape index (κ1) is 11.1. The largest absolute Gasteiger partial charge is 0.317 e. The quantitative estimate of drug-likeness (QED) is 0.789. The van der Waals surface area contributed by atoms with Crippen molar-refractivity contribution in [2.24, 2.45) is 5.92 Å². The molecular formula is C12H17N3O. The molecule has 1 aromatic heterocycles. The van der Waals surface area contributed by atoms with Crippen molar-refractivity contribution in [1.82, 2.24) is 10.3 Å². The average Bonchev–Trinajstić information content (AvgIpc) is 2.30. The van der Waals surface area contributed by atoms with Crippen LogP contribution in [0.3, 0.4) is 0 Å². The second-order valence-corrected chi connectivity index (χ2v) is 4.18. The molecule has 0 aliphatic carbocycles. The summed E-state index contributed by atoms with van der Waals surface area (Å²) in [7, 11) is 0. The molecule has 1 saturated heterocycles. The Morgan fingerprint density at radius 3 is 2.88 bits per heavy atom. The lowest BCUT2D eigenvalue weighted by Crippen LogP contribution is -2.34. The summed E-state index contributed by atoms with van der Waals surface area (Å²) in [5.41, 5.74) is 0.920. The molecule has 0 radical (unpaired) electrons. The summed E-state index contributed by atoms with van der Waals surface area (Å²) in [4.78, 5) is 16.2. The number of rotatable bonds is 2. The van der Waals surface area contributed by atoms with Gasteiger partial charge in [-0.05, 0) is 45.0 Å². The molecule has 1 aliphatic rings. The molecule has 2 N–H and O–H groups in total. The molecule has 2 rings (SSSR count). The molecule has 4 nitrogen and oxygen atoms in total. The first-order chi connectivity index (χ1) is 7.75. The van der Waals surface area contributed by atoms with Crippen molar-refractivity contribution in [3.05, 3.63) is 23.9 Å². The minimum atomic E-state index is 0.0969. The fourth-order valence-corrected chi connectivity index (χ4v) is 1.93. The SMILES string of the molecule is Cc1cccc(NC(=O)C2CCNCC2)n1. The van der Waals surface area contributed by atoms with Gasteiger partial charge in [-0.25, -0.2) is 4.98 Å². The number of anilines is 1. The Morgan fingerprint density at radius 2 is 2.19 bits per heavy atom. The summed E-state index contributed by atoms with van der Waals surface area (Å²) >= 11 is 0. The summed E-state index contributed by atoms with van der Waals surface area (Å²) < 4.78 is 0. The van der Waals surface area contributed by atoms with E-state index in [4.69, 9.17) is 0 Å². The van der Waals surface area contributed by atoms with Gasteiger partial charge in [0.2, 0.25) is 5.91 Å². The minimum Gasteiger partial charge on any atom is -0.317 e. The second-order valence-electron chi connectivity index (χ2n) is 4.18. The van der Waals surface area contributed by atoms with Gasteiger partial charge in [-0.1, -0.05) is 6.07 Å². The van der Waals surface area contributed by atoms with Gasteiger partial charge in [0.05, 0.1) is 0 Å². The Hall–Kier alpha value is -1.42. The van der Waals surface area contributed by atoms with E-state index in [1.165, 1.54) is 0 Å². The van der Waals surface area contributed by atoms with Crippen molar-refractivity contribution in [2.75, 3.05) is 18.4 Å². The third-order valence-corrected chi connectivity index (χ3v) is 2.85. The highest BCUT2D eigenvalue weighted by Gasteiger charge is 2.20. The number of amides is 1. The Morgan fingerprint density at radius 1 is 1.44 bits per heavy atom. The molecule has 0 bridgehead atoms. The highest BCUT2D eigenvalue weighted by atomic mass is 16.1. The van der Waals surface area contributed by atoms with E-state index in [2.05, 4.69) is 15.6 Å². The summed E-state index contributed by atoms with van der Waals surface area (Å²) in [5, 5.41) is 6.12. The van der Waals surface area contributed by atoms with Crippen molar-refractivity contribution < 1.29 is 4.79 Å². The smallest absolute Gasteiger partial charge is 0.228 e. The van der Waals surface area contributed by atoms with E-state index in [9.17, 15) is 4.79 Å². The fourth-order valence-electron chi connectivity index (χ4n) is 1.93. The summed E-state index contributed by atoms with van der Waals surface area (Å²) in [5.74, 6) is 0.881. The molecule has 16 heavy (non-hydrogen) atoms. The molecular weight excluding hydrogens is 202 g/mol. The lowest BCUT2D eigenvalue weighted by atomic mass is 9.97. The highest BCUT2D eigenvalue weighted by Crippen LogP contribution is 2.14. The number of carbonyl (C=O) groups excluding carboxylic acids is 1. The van der Waals surface area contributed by atoms with E-state index in [0.29, 0.717) is 5.82 Å². The van der Waals surface area contributed by atoms with Crippen molar-refractivity contribution in [3.63, 3.8) is 0 Å². The van der Waals surface area contributed by atoms with Crippen LogP contribution >= 0.6 is 0 Å². The van der Waals surface area contributed by atoms with E-state index in [1.54, 1.807) is 0 Å². The van der Waals surface area contributed by atoms with Crippen LogP contribution in [0.1, 0.15) is 18.5 Å². The second kappa shape index (κ2) is 5.07. The first-order valence-electron chi connectivity index (χ1n) is 5.71. The molecule has 0 saturated carbocycles. The maximum Gasteiger partial charge on any atom is 0.228 e. The number of nitrogens with zero attached hydrogens (tertiary/aromatic N) is 1. The van der Waals surface area contributed by atoms with E-state index in [1.807, 2.05) is 25.1 Å². The van der Waals surface area contributed by atoms with Crippen molar-refractivity contribution >= 4 is 11.7 Å². The number of hydrogen-bond donors (Lipinski definition) is 2. The zero-order chi connectivity index (χ0) is 11.4. The summed E-state index contributed by atoms with van der Waals surface area (Å²) in [6, 6.07) is 5.65. The van der Waals surface area contributed by atoms with Gasteiger partial charge in [-0.2, -0.15) is 0 Å². The van der Waals surface area contributed by atoms with Gasteiger partial charge in [-0.15, -0.1) is 0 Å². The molecule has 0 unspecified atom stereocenters. The van der Waals surface area contributed by atoms with E-state index in [-0.39, 0.29) is 11.8 Å². The number of carbonyl (C=O) groups is 1. The normalized spacial score (nSPS) is 17.1. The Labute approximate surface area is 95.5 Å². The molecule has 4 heteroatoms. The van der Waals surface area contributed by atoms with Gasteiger partial charge in [0.25, 0.3) is 0 Å². The molecule has 86 valence electrons. The third kappa shape index (κ3) is 2.79. The van der Waals surface area contributed by atoms with E-state index >= 15 is 0 Å². The number of aromatic nitrogens is 1. The van der Waals surface area contributed by atoms with Gasteiger partial charge >= 0.3 is 0 Å². The van der Waals surface area contributed by atoms with Gasteiger partial charge < -0.3 is 10.6 Å². The standard InChI is InChI=1S/C12H17N3O/c1-9-3-2-4-11(14-9)15-12(16)10-5-7-13-8-6-10/h2-4,10,13H,5-8H2,1H3,(H,14,15,16). The molecule has 1 aliphatic heterocycles. The maximum absolute atomic E-state index is 11.9. The number of hydrogen-bond acceptors (Lipinski definition) is 3. The summed E-state index contributed by atoms with van der Waals surface area (Å²) in [6.07, 6.45) is 1.83. The van der Waals surface area contributed by atoms with E-state index in [0.717, 1.165) is 31.6 Å².